The fraction of sp³-hybridized carbons (Fsp3) is 0.571. The molecule has 108 valence electrons. The number of hydrogen-bond acceptors (Lipinski definition) is 2. The second-order valence-corrected chi connectivity index (χ2v) is 4.98. The summed E-state index contributed by atoms with van der Waals surface area (Å²) < 4.78 is 38.3. The van der Waals surface area contributed by atoms with E-state index in [0.29, 0.717) is 6.54 Å². The first-order valence-electron chi connectivity index (χ1n) is 6.39. The molecule has 0 spiro atoms. The summed E-state index contributed by atoms with van der Waals surface area (Å²) in [5.41, 5.74) is 6.26. The van der Waals surface area contributed by atoms with Gasteiger partial charge in [-0.05, 0) is 19.4 Å². The molecule has 0 bridgehead atoms. The molecule has 1 unspecified atom stereocenters. The Labute approximate surface area is 112 Å². The maximum atomic E-state index is 12.8. The summed E-state index contributed by atoms with van der Waals surface area (Å²) in [5, 5.41) is 0. The largest absolute Gasteiger partial charge is 0.394 e. The Kier molecular flexibility index (Phi) is 5.82. The van der Waals surface area contributed by atoms with Crippen LogP contribution >= 0.6 is 0 Å². The van der Waals surface area contributed by atoms with Crippen molar-refractivity contribution in [1.29, 1.82) is 0 Å². The highest BCUT2D eigenvalue weighted by molar-refractivity contribution is 5.14. The van der Waals surface area contributed by atoms with Gasteiger partial charge in [-0.2, -0.15) is 13.2 Å². The second-order valence-electron chi connectivity index (χ2n) is 4.98. The highest BCUT2D eigenvalue weighted by atomic mass is 19.4. The minimum absolute atomic E-state index is 0.0385. The van der Waals surface area contributed by atoms with Crippen molar-refractivity contribution in [3.8, 4) is 0 Å². The predicted octanol–water partition coefficient (Wildman–Crippen LogP) is 3.03. The molecule has 0 radical (unpaired) electrons. The molecule has 0 amide bonds. The number of nitrogens with zero attached hydrogens (tertiary/aromatic N) is 1. The molecule has 0 aliphatic carbocycles. The zero-order valence-corrected chi connectivity index (χ0v) is 11.3. The molecule has 2 nitrogen and oxygen atoms in total. The van der Waals surface area contributed by atoms with E-state index in [1.54, 1.807) is 4.90 Å². The van der Waals surface area contributed by atoms with E-state index in [-0.39, 0.29) is 19.1 Å². The van der Waals surface area contributed by atoms with Gasteiger partial charge in [0.2, 0.25) is 0 Å². The fourth-order valence-electron chi connectivity index (χ4n) is 1.87. The van der Waals surface area contributed by atoms with E-state index in [0.717, 1.165) is 5.56 Å². The summed E-state index contributed by atoms with van der Waals surface area (Å²) >= 11 is 0. The third kappa shape index (κ3) is 5.20. The number of rotatable bonds is 6. The van der Waals surface area contributed by atoms with Crippen LogP contribution in [-0.4, -0.2) is 30.2 Å². The second kappa shape index (κ2) is 6.91. The Morgan fingerprint density at radius 3 is 2.16 bits per heavy atom. The van der Waals surface area contributed by atoms with E-state index >= 15 is 0 Å². The highest BCUT2D eigenvalue weighted by Crippen LogP contribution is 2.27. The highest BCUT2D eigenvalue weighted by Gasteiger charge is 2.39. The molecule has 19 heavy (non-hydrogen) atoms. The van der Waals surface area contributed by atoms with Crippen molar-refractivity contribution in [2.45, 2.75) is 32.6 Å². The molecule has 0 fully saturated rings. The van der Waals surface area contributed by atoms with Crippen LogP contribution in [0.5, 0.6) is 0 Å². The van der Waals surface area contributed by atoms with Gasteiger partial charge in [0.1, 0.15) is 0 Å². The van der Waals surface area contributed by atoms with Gasteiger partial charge in [0, 0.05) is 25.7 Å². The van der Waals surface area contributed by atoms with E-state index < -0.39 is 12.1 Å². The summed E-state index contributed by atoms with van der Waals surface area (Å²) in [6, 6.07) is 9.54. The van der Waals surface area contributed by atoms with Gasteiger partial charge in [-0.1, -0.05) is 30.3 Å². The van der Waals surface area contributed by atoms with E-state index in [1.165, 1.54) is 0 Å². The Hall–Kier alpha value is -1.07. The van der Waals surface area contributed by atoms with Crippen molar-refractivity contribution in [2.75, 3.05) is 13.1 Å². The van der Waals surface area contributed by atoms with Gasteiger partial charge in [-0.15, -0.1) is 0 Å². The summed E-state index contributed by atoms with van der Waals surface area (Å²) in [6.07, 6.45) is -4.24. The molecular formula is C14H21F3N2. The van der Waals surface area contributed by atoms with Gasteiger partial charge in [-0.3, -0.25) is 4.90 Å². The monoisotopic (exact) mass is 274 g/mol. The Morgan fingerprint density at radius 2 is 1.74 bits per heavy atom. The van der Waals surface area contributed by atoms with Crippen LogP contribution in [0, 0.1) is 5.92 Å². The summed E-state index contributed by atoms with van der Waals surface area (Å²) in [7, 11) is 0. The molecule has 1 aromatic rings. The Morgan fingerprint density at radius 1 is 1.16 bits per heavy atom. The van der Waals surface area contributed by atoms with Gasteiger partial charge < -0.3 is 5.73 Å². The molecule has 1 atom stereocenters. The zero-order valence-electron chi connectivity index (χ0n) is 11.3. The quantitative estimate of drug-likeness (QED) is 0.864. The van der Waals surface area contributed by atoms with Crippen LogP contribution in [0.25, 0.3) is 0 Å². The van der Waals surface area contributed by atoms with Gasteiger partial charge in [0.15, 0.2) is 0 Å². The van der Waals surface area contributed by atoms with Crippen LogP contribution in [0.15, 0.2) is 30.3 Å². The molecule has 1 aromatic carbocycles. The zero-order chi connectivity index (χ0) is 14.5. The smallest absolute Gasteiger partial charge is 0.330 e. The molecule has 1 rings (SSSR count). The molecule has 0 saturated carbocycles. The van der Waals surface area contributed by atoms with Crippen LogP contribution in [0.2, 0.25) is 0 Å². The Bertz CT molecular complexity index is 363. The fourth-order valence-corrected chi connectivity index (χ4v) is 1.87. The molecule has 0 heterocycles. The lowest BCUT2D eigenvalue weighted by molar-refractivity contribution is -0.177. The van der Waals surface area contributed by atoms with Crippen LogP contribution in [0.1, 0.15) is 19.4 Å². The summed E-state index contributed by atoms with van der Waals surface area (Å²) in [6.45, 7) is 3.86. The van der Waals surface area contributed by atoms with Crippen LogP contribution in [-0.2, 0) is 6.54 Å². The molecule has 0 aromatic heterocycles. The van der Waals surface area contributed by atoms with Crippen LogP contribution in [0.3, 0.4) is 0 Å². The average Bonchev–Trinajstić information content (AvgIpc) is 2.33. The first-order valence-corrected chi connectivity index (χ1v) is 6.39. The number of nitrogens with two attached hydrogens (primary N) is 1. The molecule has 0 saturated heterocycles. The molecule has 5 heteroatoms. The lowest BCUT2D eigenvalue weighted by Gasteiger charge is -2.31. The van der Waals surface area contributed by atoms with E-state index in [4.69, 9.17) is 5.73 Å². The number of benzene rings is 1. The summed E-state index contributed by atoms with van der Waals surface area (Å²) in [5.74, 6) is -1.47. The summed E-state index contributed by atoms with van der Waals surface area (Å²) in [4.78, 5) is 1.81. The topological polar surface area (TPSA) is 29.3 Å². The minimum Gasteiger partial charge on any atom is -0.330 e. The third-order valence-electron chi connectivity index (χ3n) is 3.16. The van der Waals surface area contributed by atoms with Crippen molar-refractivity contribution in [3.05, 3.63) is 35.9 Å². The van der Waals surface area contributed by atoms with Crippen molar-refractivity contribution >= 4 is 0 Å². The van der Waals surface area contributed by atoms with Gasteiger partial charge >= 0.3 is 6.18 Å². The number of alkyl halides is 3. The van der Waals surface area contributed by atoms with Gasteiger partial charge in [-0.25, -0.2) is 0 Å². The third-order valence-corrected chi connectivity index (χ3v) is 3.16. The molecule has 0 aliphatic rings. The lowest BCUT2D eigenvalue weighted by atomic mass is 10.1. The Balaban J connectivity index is 2.73. The van der Waals surface area contributed by atoms with Crippen molar-refractivity contribution in [2.24, 2.45) is 11.7 Å². The van der Waals surface area contributed by atoms with E-state index in [2.05, 4.69) is 0 Å². The first kappa shape index (κ1) is 16.0. The first-order chi connectivity index (χ1) is 8.84. The van der Waals surface area contributed by atoms with Crippen molar-refractivity contribution < 1.29 is 13.2 Å². The normalized spacial score (nSPS) is 14.1. The van der Waals surface area contributed by atoms with E-state index in [1.807, 2.05) is 44.2 Å². The molecular weight excluding hydrogens is 253 g/mol. The van der Waals surface area contributed by atoms with E-state index in [9.17, 15) is 13.2 Å². The minimum atomic E-state index is -4.24. The number of hydrogen-bond donors (Lipinski definition) is 1. The maximum absolute atomic E-state index is 12.8. The predicted molar refractivity (Wildman–Crippen MR) is 70.6 cm³/mol. The SMILES string of the molecule is CC(C)N(Cc1ccccc1)CC(CN)C(F)(F)F. The van der Waals surface area contributed by atoms with Crippen molar-refractivity contribution in [1.82, 2.24) is 4.90 Å². The number of halogens is 3. The molecule has 0 aliphatic heterocycles. The average molecular weight is 274 g/mol. The van der Waals surface area contributed by atoms with Gasteiger partial charge in [0.25, 0.3) is 0 Å². The maximum Gasteiger partial charge on any atom is 0.394 e. The van der Waals surface area contributed by atoms with Crippen molar-refractivity contribution in [3.63, 3.8) is 0 Å². The van der Waals surface area contributed by atoms with Gasteiger partial charge in [0.05, 0.1) is 5.92 Å². The standard InChI is InChI=1S/C14H21F3N2/c1-11(2)19(9-12-6-4-3-5-7-12)10-13(8-18)14(15,16)17/h3-7,11,13H,8-10,18H2,1-2H3. The lowest BCUT2D eigenvalue weighted by Crippen LogP contribution is -2.43. The van der Waals surface area contributed by atoms with Crippen LogP contribution < -0.4 is 5.73 Å². The molecule has 2 N–H and O–H groups in total. The van der Waals surface area contributed by atoms with Crippen LogP contribution in [0.4, 0.5) is 13.2 Å².